The van der Waals surface area contributed by atoms with Crippen molar-refractivity contribution in [2.75, 3.05) is 0 Å². The largest absolute Gasteiger partial charge is 0.355 e. The molecule has 0 aliphatic heterocycles. The number of carbonyl (C=O) groups is 1. The smallest absolute Gasteiger partial charge is 0.257 e. The van der Waals surface area contributed by atoms with Crippen LogP contribution in [0.5, 0.6) is 0 Å². The summed E-state index contributed by atoms with van der Waals surface area (Å²) in [5.74, 6) is 0.480. The van der Waals surface area contributed by atoms with Gasteiger partial charge in [0.05, 0.1) is 4.47 Å². The molecule has 1 N–H and O–H groups in total. The van der Waals surface area contributed by atoms with Gasteiger partial charge < -0.3 is 9.88 Å². The van der Waals surface area contributed by atoms with Crippen LogP contribution in [0, 0.1) is 5.92 Å². The number of pyridine rings is 1. The van der Waals surface area contributed by atoms with Crippen LogP contribution in [-0.4, -0.2) is 16.5 Å². The second kappa shape index (κ2) is 5.90. The average Bonchev–Trinajstić information content (AvgIpc) is 2.36. The van der Waals surface area contributed by atoms with Gasteiger partial charge in [0.15, 0.2) is 0 Å². The fourth-order valence-electron chi connectivity index (χ4n) is 2.49. The van der Waals surface area contributed by atoms with Crippen LogP contribution in [0.1, 0.15) is 43.0 Å². The first-order valence-corrected chi connectivity index (χ1v) is 7.43. The second-order valence-electron chi connectivity index (χ2n) is 5.44. The van der Waals surface area contributed by atoms with Crippen molar-refractivity contribution >= 4 is 21.8 Å². The third-order valence-corrected chi connectivity index (χ3v) is 4.27. The van der Waals surface area contributed by atoms with Gasteiger partial charge in [-0.1, -0.05) is 6.92 Å². The fraction of sp³-hybridized carbons (Fsp3) is 0.571. The number of hydrogen-bond donors (Lipinski definition) is 1. The second-order valence-corrected chi connectivity index (χ2v) is 6.30. The molecule has 1 aliphatic rings. The molecule has 1 aliphatic carbocycles. The lowest BCUT2D eigenvalue weighted by Crippen LogP contribution is -2.39. The number of amides is 1. The molecule has 1 amide bonds. The highest BCUT2D eigenvalue weighted by Crippen LogP contribution is 2.23. The zero-order valence-corrected chi connectivity index (χ0v) is 12.9. The van der Waals surface area contributed by atoms with Crippen LogP contribution in [-0.2, 0) is 7.05 Å². The van der Waals surface area contributed by atoms with Crippen LogP contribution in [0.4, 0.5) is 0 Å². The third kappa shape index (κ3) is 3.47. The van der Waals surface area contributed by atoms with Crippen LogP contribution < -0.4 is 10.7 Å². The number of hydrogen-bond acceptors (Lipinski definition) is 2. The number of rotatable bonds is 2. The van der Waals surface area contributed by atoms with Gasteiger partial charge in [0.25, 0.3) is 5.91 Å². The predicted octanol–water partition coefficient (Wildman–Crippen LogP) is 2.46. The van der Waals surface area contributed by atoms with E-state index in [4.69, 9.17) is 0 Å². The minimum Gasteiger partial charge on any atom is -0.355 e. The van der Waals surface area contributed by atoms with Crippen molar-refractivity contribution in [1.29, 1.82) is 0 Å². The minimum atomic E-state index is -0.263. The number of aryl methyl sites for hydroxylation is 1. The molecule has 1 heterocycles. The minimum absolute atomic E-state index is 0.201. The monoisotopic (exact) mass is 326 g/mol. The topological polar surface area (TPSA) is 51.1 Å². The summed E-state index contributed by atoms with van der Waals surface area (Å²) in [5, 5.41) is 2.98. The van der Waals surface area contributed by atoms with Gasteiger partial charge in [-0.05, 0) is 47.5 Å². The van der Waals surface area contributed by atoms with E-state index in [1.807, 2.05) is 0 Å². The average molecular weight is 327 g/mol. The molecule has 19 heavy (non-hydrogen) atoms. The molecule has 0 atom stereocenters. The summed E-state index contributed by atoms with van der Waals surface area (Å²) in [6, 6.07) is 0.201. The van der Waals surface area contributed by atoms with Crippen molar-refractivity contribution in [3.05, 3.63) is 32.7 Å². The Kier molecular flexibility index (Phi) is 4.45. The maximum atomic E-state index is 12.2. The summed E-state index contributed by atoms with van der Waals surface area (Å²) in [6.07, 6.45) is 7.51. The van der Waals surface area contributed by atoms with Gasteiger partial charge in [0, 0.05) is 25.5 Å². The SMILES string of the molecule is CC1CCC(NC(=O)c2cn(C)cc(Br)c2=O)CC1. The van der Waals surface area contributed by atoms with Gasteiger partial charge in [-0.3, -0.25) is 9.59 Å². The number of nitrogens with zero attached hydrogens (tertiary/aromatic N) is 1. The Bertz CT molecular complexity index is 531. The van der Waals surface area contributed by atoms with E-state index in [1.165, 1.54) is 0 Å². The maximum Gasteiger partial charge on any atom is 0.257 e. The van der Waals surface area contributed by atoms with Crippen molar-refractivity contribution in [3.63, 3.8) is 0 Å². The molecule has 1 fully saturated rings. The lowest BCUT2D eigenvalue weighted by atomic mass is 9.87. The van der Waals surface area contributed by atoms with Crippen LogP contribution in [0.25, 0.3) is 0 Å². The summed E-state index contributed by atoms with van der Waals surface area (Å²) in [4.78, 5) is 24.1. The van der Waals surface area contributed by atoms with E-state index in [2.05, 4.69) is 28.2 Å². The number of nitrogens with one attached hydrogen (secondary N) is 1. The van der Waals surface area contributed by atoms with Crippen LogP contribution in [0.3, 0.4) is 0 Å². The lowest BCUT2D eigenvalue weighted by molar-refractivity contribution is 0.0921. The van der Waals surface area contributed by atoms with Crippen molar-refractivity contribution < 1.29 is 4.79 Å². The van der Waals surface area contributed by atoms with E-state index in [9.17, 15) is 9.59 Å². The Balaban J connectivity index is 2.10. The van der Waals surface area contributed by atoms with E-state index < -0.39 is 0 Å². The van der Waals surface area contributed by atoms with Crippen molar-refractivity contribution in [2.45, 2.75) is 38.6 Å². The highest BCUT2D eigenvalue weighted by Gasteiger charge is 2.21. The molecule has 1 saturated carbocycles. The molecule has 0 unspecified atom stereocenters. The molecule has 0 spiro atoms. The Labute approximate surface area is 121 Å². The number of aromatic nitrogens is 1. The normalized spacial score (nSPS) is 23.1. The van der Waals surface area contributed by atoms with Gasteiger partial charge in [-0.15, -0.1) is 0 Å². The first kappa shape index (κ1) is 14.3. The summed E-state index contributed by atoms with van der Waals surface area (Å²) in [5.41, 5.74) is -0.0460. The van der Waals surface area contributed by atoms with Crippen molar-refractivity contribution in [1.82, 2.24) is 9.88 Å². The van der Waals surface area contributed by atoms with Crippen LogP contribution in [0.15, 0.2) is 21.7 Å². The summed E-state index contributed by atoms with van der Waals surface area (Å²) in [6.45, 7) is 2.24. The van der Waals surface area contributed by atoms with E-state index in [0.29, 0.717) is 4.47 Å². The van der Waals surface area contributed by atoms with E-state index in [1.54, 1.807) is 24.0 Å². The quantitative estimate of drug-likeness (QED) is 0.907. The summed E-state index contributed by atoms with van der Waals surface area (Å²) < 4.78 is 2.13. The molecule has 1 aromatic heterocycles. The molecule has 104 valence electrons. The molecule has 4 nitrogen and oxygen atoms in total. The van der Waals surface area contributed by atoms with Gasteiger partial charge in [0.1, 0.15) is 5.56 Å². The molecular formula is C14H19BrN2O2. The molecule has 0 radical (unpaired) electrons. The van der Waals surface area contributed by atoms with E-state index >= 15 is 0 Å². The molecule has 0 aromatic carbocycles. The number of carbonyl (C=O) groups excluding carboxylic acids is 1. The third-order valence-electron chi connectivity index (χ3n) is 3.71. The van der Waals surface area contributed by atoms with Crippen molar-refractivity contribution in [2.24, 2.45) is 13.0 Å². The standard InChI is InChI=1S/C14H19BrN2O2/c1-9-3-5-10(6-4-9)16-14(19)11-7-17(2)8-12(15)13(11)18/h7-10H,3-6H2,1-2H3,(H,16,19). The summed E-state index contributed by atoms with van der Waals surface area (Å²) >= 11 is 3.18. The molecular weight excluding hydrogens is 308 g/mol. The van der Waals surface area contributed by atoms with Gasteiger partial charge in [-0.2, -0.15) is 0 Å². The molecule has 1 aromatic rings. The summed E-state index contributed by atoms with van der Waals surface area (Å²) in [7, 11) is 1.79. The van der Waals surface area contributed by atoms with Crippen molar-refractivity contribution in [3.8, 4) is 0 Å². The molecule has 0 saturated heterocycles. The highest BCUT2D eigenvalue weighted by atomic mass is 79.9. The predicted molar refractivity (Wildman–Crippen MR) is 78.3 cm³/mol. The highest BCUT2D eigenvalue weighted by molar-refractivity contribution is 9.10. The Morgan fingerprint density at radius 3 is 2.58 bits per heavy atom. The Hall–Kier alpha value is -1.10. The van der Waals surface area contributed by atoms with Crippen LogP contribution >= 0.6 is 15.9 Å². The zero-order valence-electron chi connectivity index (χ0n) is 11.3. The first-order chi connectivity index (χ1) is 8.97. The van der Waals surface area contributed by atoms with E-state index in [-0.39, 0.29) is 22.9 Å². The fourth-order valence-corrected chi connectivity index (χ4v) is 3.03. The maximum absolute atomic E-state index is 12.2. The van der Waals surface area contributed by atoms with Gasteiger partial charge >= 0.3 is 0 Å². The first-order valence-electron chi connectivity index (χ1n) is 6.64. The molecule has 0 bridgehead atoms. The zero-order chi connectivity index (χ0) is 14.0. The van der Waals surface area contributed by atoms with Gasteiger partial charge in [0.2, 0.25) is 5.43 Å². The van der Waals surface area contributed by atoms with Crippen LogP contribution in [0.2, 0.25) is 0 Å². The lowest BCUT2D eigenvalue weighted by Gasteiger charge is -2.26. The Morgan fingerprint density at radius 1 is 1.32 bits per heavy atom. The molecule has 2 rings (SSSR count). The number of halogens is 1. The van der Waals surface area contributed by atoms with Gasteiger partial charge in [-0.25, -0.2) is 0 Å². The Morgan fingerprint density at radius 2 is 1.95 bits per heavy atom. The molecule has 5 heteroatoms. The van der Waals surface area contributed by atoms with E-state index in [0.717, 1.165) is 31.6 Å².